The second kappa shape index (κ2) is 9.69. The van der Waals surface area contributed by atoms with Gasteiger partial charge in [-0.3, -0.25) is 9.59 Å². The predicted octanol–water partition coefficient (Wildman–Crippen LogP) is 3.30. The molecule has 1 saturated carbocycles. The lowest BCUT2D eigenvalue weighted by Gasteiger charge is -2.22. The molecule has 1 fully saturated rings. The number of nitrogens with one attached hydrogen (secondary N) is 2. The van der Waals surface area contributed by atoms with Gasteiger partial charge in [-0.25, -0.2) is 8.42 Å². The van der Waals surface area contributed by atoms with Crippen LogP contribution in [0.3, 0.4) is 0 Å². The first-order valence-electron chi connectivity index (χ1n) is 9.86. The molecular formula is C22H26N2O4S. The summed E-state index contributed by atoms with van der Waals surface area (Å²) in [4.78, 5) is 24.4. The van der Waals surface area contributed by atoms with Crippen LogP contribution in [-0.2, 0) is 20.4 Å². The standard InChI is InChI=1S/C22H26N2O4S/c25-21(23-19-7-3-1-4-8-19)16-29(27,28)15-17-11-13-18(14-12-17)22(26)24-20-9-5-2-6-10-20/h1,3-4,7-8,11-14,20H,2,5-6,9-10,15-16H2,(H,23,25)(H,24,26). The number of hydrogen-bond acceptors (Lipinski definition) is 4. The van der Waals surface area contributed by atoms with Crippen LogP contribution in [0.2, 0.25) is 0 Å². The first kappa shape index (κ1) is 21.0. The highest BCUT2D eigenvalue weighted by Gasteiger charge is 2.19. The molecule has 1 aliphatic rings. The fourth-order valence-corrected chi connectivity index (χ4v) is 4.77. The first-order chi connectivity index (χ1) is 13.9. The third-order valence-electron chi connectivity index (χ3n) is 4.95. The van der Waals surface area contributed by atoms with E-state index in [-0.39, 0.29) is 17.7 Å². The Morgan fingerprint density at radius 3 is 2.21 bits per heavy atom. The van der Waals surface area contributed by atoms with Crippen molar-refractivity contribution in [1.29, 1.82) is 0 Å². The minimum absolute atomic E-state index is 0.131. The number of carbonyl (C=O) groups excluding carboxylic acids is 2. The second-order valence-electron chi connectivity index (χ2n) is 7.45. The summed E-state index contributed by atoms with van der Waals surface area (Å²) >= 11 is 0. The van der Waals surface area contributed by atoms with Crippen LogP contribution in [0.15, 0.2) is 54.6 Å². The first-order valence-corrected chi connectivity index (χ1v) is 11.7. The zero-order valence-corrected chi connectivity index (χ0v) is 17.1. The van der Waals surface area contributed by atoms with E-state index in [2.05, 4.69) is 10.6 Å². The van der Waals surface area contributed by atoms with E-state index in [4.69, 9.17) is 0 Å². The average Bonchev–Trinajstić information content (AvgIpc) is 2.69. The summed E-state index contributed by atoms with van der Waals surface area (Å²) in [6, 6.07) is 15.5. The van der Waals surface area contributed by atoms with Crippen molar-refractivity contribution in [2.24, 2.45) is 0 Å². The highest BCUT2D eigenvalue weighted by molar-refractivity contribution is 7.91. The molecule has 6 nitrogen and oxygen atoms in total. The van der Waals surface area contributed by atoms with Crippen LogP contribution in [0.5, 0.6) is 0 Å². The number of carbonyl (C=O) groups is 2. The third kappa shape index (κ3) is 6.71. The Morgan fingerprint density at radius 1 is 0.897 bits per heavy atom. The normalized spacial score (nSPS) is 14.9. The summed E-state index contributed by atoms with van der Waals surface area (Å²) < 4.78 is 24.7. The van der Waals surface area contributed by atoms with Crippen LogP contribution >= 0.6 is 0 Å². The molecule has 0 bridgehead atoms. The molecule has 0 heterocycles. The van der Waals surface area contributed by atoms with Crippen molar-refractivity contribution >= 4 is 27.3 Å². The van der Waals surface area contributed by atoms with Crippen LogP contribution in [-0.4, -0.2) is 32.0 Å². The van der Waals surface area contributed by atoms with Crippen molar-refractivity contribution in [3.8, 4) is 0 Å². The zero-order valence-electron chi connectivity index (χ0n) is 16.3. The van der Waals surface area contributed by atoms with E-state index in [1.165, 1.54) is 6.42 Å². The molecule has 0 radical (unpaired) electrons. The van der Waals surface area contributed by atoms with Crippen molar-refractivity contribution in [2.75, 3.05) is 11.1 Å². The van der Waals surface area contributed by atoms with Gasteiger partial charge in [0, 0.05) is 17.3 Å². The van der Waals surface area contributed by atoms with Crippen molar-refractivity contribution in [3.63, 3.8) is 0 Å². The zero-order chi connectivity index (χ0) is 20.7. The Hall–Kier alpha value is -2.67. The van der Waals surface area contributed by atoms with Gasteiger partial charge in [0.15, 0.2) is 9.84 Å². The number of amides is 2. The number of hydrogen-bond donors (Lipinski definition) is 2. The van der Waals surface area contributed by atoms with E-state index in [0.717, 1.165) is 25.7 Å². The molecule has 3 rings (SSSR count). The molecule has 154 valence electrons. The third-order valence-corrected chi connectivity index (χ3v) is 6.43. The number of rotatable bonds is 7. The van der Waals surface area contributed by atoms with E-state index < -0.39 is 21.5 Å². The van der Waals surface area contributed by atoms with Gasteiger partial charge in [0.1, 0.15) is 5.75 Å². The molecule has 0 spiro atoms. The Labute approximate surface area is 171 Å². The predicted molar refractivity (Wildman–Crippen MR) is 113 cm³/mol. The Kier molecular flexibility index (Phi) is 7.04. The number of benzene rings is 2. The van der Waals surface area contributed by atoms with Crippen molar-refractivity contribution in [3.05, 3.63) is 65.7 Å². The molecule has 2 N–H and O–H groups in total. The molecule has 7 heteroatoms. The van der Waals surface area contributed by atoms with E-state index >= 15 is 0 Å². The fraction of sp³-hybridized carbons (Fsp3) is 0.364. The smallest absolute Gasteiger partial charge is 0.251 e. The summed E-state index contributed by atoms with van der Waals surface area (Å²) in [5, 5.41) is 5.62. The maximum absolute atomic E-state index is 12.3. The lowest BCUT2D eigenvalue weighted by atomic mass is 9.95. The van der Waals surface area contributed by atoms with E-state index in [0.29, 0.717) is 16.8 Å². The van der Waals surface area contributed by atoms with E-state index in [1.54, 1.807) is 48.5 Å². The Morgan fingerprint density at radius 2 is 1.55 bits per heavy atom. The van der Waals surface area contributed by atoms with Gasteiger partial charge in [-0.2, -0.15) is 0 Å². The van der Waals surface area contributed by atoms with Crippen LogP contribution in [0.25, 0.3) is 0 Å². The van der Waals surface area contributed by atoms with Crippen LogP contribution < -0.4 is 10.6 Å². The van der Waals surface area contributed by atoms with Crippen molar-refractivity contribution < 1.29 is 18.0 Å². The average molecular weight is 415 g/mol. The van der Waals surface area contributed by atoms with Gasteiger partial charge in [0.2, 0.25) is 5.91 Å². The van der Waals surface area contributed by atoms with E-state index in [9.17, 15) is 18.0 Å². The van der Waals surface area contributed by atoms with Gasteiger partial charge in [-0.1, -0.05) is 49.6 Å². The summed E-state index contributed by atoms with van der Waals surface area (Å²) in [5.74, 6) is -1.54. The molecular weight excluding hydrogens is 388 g/mol. The number of anilines is 1. The monoisotopic (exact) mass is 414 g/mol. The van der Waals surface area contributed by atoms with Gasteiger partial charge in [0.25, 0.3) is 5.91 Å². The molecule has 2 aromatic rings. The molecule has 1 aliphatic carbocycles. The Balaban J connectivity index is 1.53. The molecule has 0 aliphatic heterocycles. The highest BCUT2D eigenvalue weighted by atomic mass is 32.2. The molecule has 0 atom stereocenters. The van der Waals surface area contributed by atoms with Crippen molar-refractivity contribution in [1.82, 2.24) is 5.32 Å². The molecule has 0 unspecified atom stereocenters. The molecule has 0 saturated heterocycles. The lowest BCUT2D eigenvalue weighted by molar-refractivity contribution is -0.113. The van der Waals surface area contributed by atoms with Crippen molar-refractivity contribution in [2.45, 2.75) is 43.9 Å². The minimum atomic E-state index is -3.62. The van der Waals surface area contributed by atoms with Crippen LogP contribution in [0.4, 0.5) is 5.69 Å². The van der Waals surface area contributed by atoms with Gasteiger partial charge in [0.05, 0.1) is 5.75 Å². The Bertz CT molecular complexity index is 935. The summed E-state index contributed by atoms with van der Waals surface area (Å²) in [6.45, 7) is 0. The highest BCUT2D eigenvalue weighted by Crippen LogP contribution is 2.18. The summed E-state index contributed by atoms with van der Waals surface area (Å²) in [7, 11) is -3.62. The number of sulfone groups is 1. The molecule has 2 amide bonds. The lowest BCUT2D eigenvalue weighted by Crippen LogP contribution is -2.36. The fourth-order valence-electron chi connectivity index (χ4n) is 3.49. The SMILES string of the molecule is O=C(CS(=O)(=O)Cc1ccc(C(=O)NC2CCCCC2)cc1)Nc1ccccc1. The van der Waals surface area contributed by atoms with E-state index in [1.807, 2.05) is 6.07 Å². The largest absolute Gasteiger partial charge is 0.349 e. The molecule has 0 aromatic heterocycles. The summed E-state index contributed by atoms with van der Waals surface area (Å²) in [6.07, 6.45) is 5.51. The number of para-hydroxylation sites is 1. The minimum Gasteiger partial charge on any atom is -0.349 e. The topological polar surface area (TPSA) is 92.3 Å². The van der Waals surface area contributed by atoms with Gasteiger partial charge in [-0.15, -0.1) is 0 Å². The second-order valence-corrected chi connectivity index (χ2v) is 9.52. The maximum Gasteiger partial charge on any atom is 0.251 e. The van der Waals surface area contributed by atoms with Gasteiger partial charge in [-0.05, 0) is 42.7 Å². The quantitative estimate of drug-likeness (QED) is 0.727. The summed E-state index contributed by atoms with van der Waals surface area (Å²) in [5.41, 5.74) is 1.62. The molecule has 29 heavy (non-hydrogen) atoms. The van der Waals surface area contributed by atoms with Gasteiger partial charge >= 0.3 is 0 Å². The van der Waals surface area contributed by atoms with Crippen LogP contribution in [0.1, 0.15) is 48.0 Å². The van der Waals surface area contributed by atoms with Crippen LogP contribution in [0, 0.1) is 0 Å². The van der Waals surface area contributed by atoms with Gasteiger partial charge < -0.3 is 10.6 Å². The molecule has 2 aromatic carbocycles. The maximum atomic E-state index is 12.3.